The van der Waals surface area contributed by atoms with Crippen molar-refractivity contribution in [2.75, 3.05) is 32.0 Å². The fraction of sp³-hybridized carbons (Fsp3) is 0.571. The van der Waals surface area contributed by atoms with Gasteiger partial charge < -0.3 is 15.0 Å². The number of nitrogens with zero attached hydrogens (tertiary/aromatic N) is 1. The minimum atomic E-state index is -0.0262. The first-order valence-electron chi connectivity index (χ1n) is 6.39. The summed E-state index contributed by atoms with van der Waals surface area (Å²) in [6, 6.07) is 6.44. The number of fused-ring (bicyclic) bond motifs is 1. The first-order valence-corrected chi connectivity index (χ1v) is 6.39. The third-order valence-corrected chi connectivity index (χ3v) is 3.78. The van der Waals surface area contributed by atoms with Crippen molar-refractivity contribution in [3.05, 3.63) is 23.8 Å². The summed E-state index contributed by atoms with van der Waals surface area (Å²) in [5, 5.41) is 3.40. The van der Waals surface area contributed by atoms with Crippen LogP contribution in [-0.4, -0.2) is 37.2 Å². The van der Waals surface area contributed by atoms with Gasteiger partial charge >= 0.3 is 0 Å². The summed E-state index contributed by atoms with van der Waals surface area (Å²) in [6.07, 6.45) is 2.24. The van der Waals surface area contributed by atoms with Gasteiger partial charge in [-0.05, 0) is 32.0 Å². The van der Waals surface area contributed by atoms with Crippen molar-refractivity contribution in [3.8, 4) is 5.75 Å². The van der Waals surface area contributed by atoms with Gasteiger partial charge in [-0.2, -0.15) is 0 Å². The van der Waals surface area contributed by atoms with Crippen LogP contribution >= 0.6 is 0 Å². The van der Waals surface area contributed by atoms with Crippen LogP contribution in [0, 0.1) is 0 Å². The summed E-state index contributed by atoms with van der Waals surface area (Å²) in [7, 11) is 2.15. The molecule has 0 saturated carbocycles. The SMILES string of the molecule is CN1CCC(C)(Oc2ccc3c(c2)NCC3)C1. The zero-order valence-corrected chi connectivity index (χ0v) is 10.6. The maximum absolute atomic E-state index is 6.18. The lowest BCUT2D eigenvalue weighted by Gasteiger charge is -2.26. The number of hydrogen-bond donors (Lipinski definition) is 1. The molecule has 0 aromatic heterocycles. The Morgan fingerprint density at radius 2 is 2.29 bits per heavy atom. The number of ether oxygens (including phenoxy) is 1. The third kappa shape index (κ3) is 2.12. The van der Waals surface area contributed by atoms with E-state index < -0.39 is 0 Å². The highest BCUT2D eigenvalue weighted by Gasteiger charge is 2.34. The van der Waals surface area contributed by atoms with E-state index in [1.807, 2.05) is 0 Å². The molecule has 3 heteroatoms. The number of benzene rings is 1. The quantitative estimate of drug-likeness (QED) is 0.845. The third-order valence-electron chi connectivity index (χ3n) is 3.78. The lowest BCUT2D eigenvalue weighted by atomic mass is 10.1. The zero-order valence-electron chi connectivity index (χ0n) is 10.6. The number of nitrogens with one attached hydrogen (secondary N) is 1. The van der Waals surface area contributed by atoms with E-state index in [1.54, 1.807) is 0 Å². The van der Waals surface area contributed by atoms with Crippen LogP contribution in [0.2, 0.25) is 0 Å². The monoisotopic (exact) mass is 232 g/mol. The first-order chi connectivity index (χ1) is 8.15. The molecule has 3 nitrogen and oxygen atoms in total. The van der Waals surface area contributed by atoms with Crippen LogP contribution in [-0.2, 0) is 6.42 Å². The standard InChI is InChI=1S/C14H20N2O/c1-14(6-8-16(2)10-14)17-12-4-3-11-5-7-15-13(11)9-12/h3-4,9,15H,5-8,10H2,1-2H3. The Bertz CT molecular complexity index is 432. The number of hydrogen-bond acceptors (Lipinski definition) is 3. The summed E-state index contributed by atoms with van der Waals surface area (Å²) >= 11 is 0. The van der Waals surface area contributed by atoms with E-state index in [2.05, 4.69) is 42.4 Å². The lowest BCUT2D eigenvalue weighted by Crippen LogP contribution is -2.35. The van der Waals surface area contributed by atoms with E-state index in [1.165, 1.54) is 11.3 Å². The molecule has 0 bridgehead atoms. The van der Waals surface area contributed by atoms with Crippen LogP contribution in [0.25, 0.3) is 0 Å². The molecule has 1 N–H and O–H groups in total. The Hall–Kier alpha value is -1.22. The lowest BCUT2D eigenvalue weighted by molar-refractivity contribution is 0.0998. The summed E-state index contributed by atoms with van der Waals surface area (Å²) in [5.74, 6) is 0.996. The second-order valence-corrected chi connectivity index (χ2v) is 5.54. The minimum Gasteiger partial charge on any atom is -0.486 e. The molecule has 1 aromatic rings. The predicted octanol–water partition coefficient (Wildman–Crippen LogP) is 2.13. The maximum atomic E-state index is 6.18. The molecular formula is C14H20N2O. The van der Waals surface area contributed by atoms with Crippen LogP contribution in [0.15, 0.2) is 18.2 Å². The van der Waals surface area contributed by atoms with Crippen molar-refractivity contribution in [2.24, 2.45) is 0 Å². The van der Waals surface area contributed by atoms with Gasteiger partial charge in [-0.15, -0.1) is 0 Å². The van der Waals surface area contributed by atoms with Gasteiger partial charge in [0.1, 0.15) is 11.4 Å². The molecule has 3 rings (SSSR count). The van der Waals surface area contributed by atoms with Gasteiger partial charge in [-0.1, -0.05) is 6.07 Å². The molecular weight excluding hydrogens is 212 g/mol. The smallest absolute Gasteiger partial charge is 0.122 e. The molecule has 0 aliphatic carbocycles. The Labute approximate surface area is 103 Å². The normalized spacial score (nSPS) is 27.9. The summed E-state index contributed by atoms with van der Waals surface area (Å²) in [5.41, 5.74) is 2.63. The molecule has 1 saturated heterocycles. The Morgan fingerprint density at radius 1 is 1.41 bits per heavy atom. The molecule has 1 unspecified atom stereocenters. The van der Waals surface area contributed by atoms with Crippen LogP contribution in [0.5, 0.6) is 5.75 Å². The van der Waals surface area contributed by atoms with Gasteiger partial charge in [-0.3, -0.25) is 0 Å². The van der Waals surface area contributed by atoms with Gasteiger partial charge in [0.2, 0.25) is 0 Å². The van der Waals surface area contributed by atoms with Gasteiger partial charge in [0.15, 0.2) is 0 Å². The molecule has 92 valence electrons. The fourth-order valence-corrected chi connectivity index (χ4v) is 2.86. The van der Waals surface area contributed by atoms with Gasteiger partial charge in [0, 0.05) is 37.8 Å². The number of likely N-dealkylation sites (tertiary alicyclic amines) is 1. The Morgan fingerprint density at radius 3 is 3.06 bits per heavy atom. The Balaban J connectivity index is 1.77. The van der Waals surface area contributed by atoms with Crippen LogP contribution in [0.1, 0.15) is 18.9 Å². The molecule has 2 aliphatic rings. The molecule has 2 aliphatic heterocycles. The van der Waals surface area contributed by atoms with E-state index in [0.29, 0.717) is 0 Å². The second-order valence-electron chi connectivity index (χ2n) is 5.54. The molecule has 0 amide bonds. The molecule has 0 spiro atoms. The second kappa shape index (κ2) is 3.91. The molecule has 1 fully saturated rings. The van der Waals surface area contributed by atoms with Crippen LogP contribution < -0.4 is 10.1 Å². The van der Waals surface area contributed by atoms with E-state index in [0.717, 1.165) is 38.2 Å². The van der Waals surface area contributed by atoms with Crippen molar-refractivity contribution in [1.29, 1.82) is 0 Å². The minimum absolute atomic E-state index is 0.0262. The average molecular weight is 232 g/mol. The summed E-state index contributed by atoms with van der Waals surface area (Å²) in [4.78, 5) is 2.33. The van der Waals surface area contributed by atoms with Crippen LogP contribution in [0.4, 0.5) is 5.69 Å². The van der Waals surface area contributed by atoms with Crippen LogP contribution in [0.3, 0.4) is 0 Å². The topological polar surface area (TPSA) is 24.5 Å². The van der Waals surface area contributed by atoms with Crippen molar-refractivity contribution >= 4 is 5.69 Å². The first kappa shape index (κ1) is 10.9. The van der Waals surface area contributed by atoms with Crippen molar-refractivity contribution in [3.63, 3.8) is 0 Å². The van der Waals surface area contributed by atoms with Crippen molar-refractivity contribution in [2.45, 2.75) is 25.4 Å². The van der Waals surface area contributed by atoms with Gasteiger partial charge in [-0.25, -0.2) is 0 Å². The van der Waals surface area contributed by atoms with Crippen molar-refractivity contribution < 1.29 is 4.74 Å². The number of anilines is 1. The summed E-state index contributed by atoms with van der Waals surface area (Å²) < 4.78 is 6.18. The van der Waals surface area contributed by atoms with E-state index in [-0.39, 0.29) is 5.60 Å². The number of likely N-dealkylation sites (N-methyl/N-ethyl adjacent to an activating group) is 1. The highest BCUT2D eigenvalue weighted by molar-refractivity contribution is 5.58. The fourth-order valence-electron chi connectivity index (χ4n) is 2.86. The number of rotatable bonds is 2. The zero-order chi connectivity index (χ0) is 11.9. The predicted molar refractivity (Wildman–Crippen MR) is 69.8 cm³/mol. The summed E-state index contributed by atoms with van der Waals surface area (Å²) in [6.45, 7) is 5.40. The highest BCUT2D eigenvalue weighted by Crippen LogP contribution is 2.31. The molecule has 1 aromatic carbocycles. The van der Waals surface area contributed by atoms with E-state index in [9.17, 15) is 0 Å². The van der Waals surface area contributed by atoms with E-state index in [4.69, 9.17) is 4.74 Å². The molecule has 2 heterocycles. The highest BCUT2D eigenvalue weighted by atomic mass is 16.5. The molecule has 0 radical (unpaired) electrons. The Kier molecular flexibility index (Phi) is 2.51. The largest absolute Gasteiger partial charge is 0.486 e. The van der Waals surface area contributed by atoms with E-state index >= 15 is 0 Å². The van der Waals surface area contributed by atoms with Gasteiger partial charge in [0.05, 0.1) is 0 Å². The average Bonchev–Trinajstić information content (AvgIpc) is 2.85. The van der Waals surface area contributed by atoms with Crippen molar-refractivity contribution in [1.82, 2.24) is 4.90 Å². The maximum Gasteiger partial charge on any atom is 0.122 e. The molecule has 17 heavy (non-hydrogen) atoms. The molecule has 1 atom stereocenters. The van der Waals surface area contributed by atoms with Gasteiger partial charge in [0.25, 0.3) is 0 Å².